The molecule has 0 saturated heterocycles. The summed E-state index contributed by atoms with van der Waals surface area (Å²) in [5.41, 5.74) is 5.65. The van der Waals surface area contributed by atoms with E-state index in [2.05, 4.69) is 74.3 Å². The second-order valence-corrected chi connectivity index (χ2v) is 31.9. The molecule has 0 amide bonds. The molecule has 28 heavy (non-hydrogen) atoms. The summed E-state index contributed by atoms with van der Waals surface area (Å²) in [5, 5.41) is 0. The maximum absolute atomic E-state index is 2.90. The molecule has 1 saturated carbocycles. The molecule has 2 rings (SSSR count). The van der Waals surface area contributed by atoms with E-state index >= 15 is 0 Å². The number of hydrogen-bond donors (Lipinski definition) is 0. The first-order valence-corrected chi connectivity index (χ1v) is 23.2. The van der Waals surface area contributed by atoms with Crippen LogP contribution in [-0.4, -0.2) is 26.5 Å². The van der Waals surface area contributed by atoms with Crippen molar-refractivity contribution in [3.05, 3.63) is 17.6 Å². The van der Waals surface area contributed by atoms with E-state index in [1.54, 1.807) is 13.3 Å². The Morgan fingerprint density at radius 3 is 1.61 bits per heavy atom. The summed E-state index contributed by atoms with van der Waals surface area (Å²) < 4.78 is 9.22. The molecule has 0 aromatic carbocycles. The van der Waals surface area contributed by atoms with E-state index in [1.807, 2.05) is 14.3 Å². The zero-order valence-electron chi connectivity index (χ0n) is 20.0. The normalized spacial score (nSPS) is 19.5. The van der Waals surface area contributed by atoms with Gasteiger partial charge in [-0.3, -0.25) is 0 Å². The van der Waals surface area contributed by atoms with Crippen LogP contribution in [-0.2, 0) is 0 Å². The van der Waals surface area contributed by atoms with Gasteiger partial charge < -0.3 is 0 Å². The van der Waals surface area contributed by atoms with Gasteiger partial charge in [0.25, 0.3) is 0 Å². The van der Waals surface area contributed by atoms with Gasteiger partial charge in [0.15, 0.2) is 0 Å². The van der Waals surface area contributed by atoms with Gasteiger partial charge in [-0.15, -0.1) is 0 Å². The molecule has 0 unspecified atom stereocenters. The molecule has 162 valence electrons. The molecular formula is C25H47ISiSn. The van der Waals surface area contributed by atoms with Gasteiger partial charge >= 0.3 is 197 Å². The van der Waals surface area contributed by atoms with Crippen molar-refractivity contribution < 1.29 is 0 Å². The van der Waals surface area contributed by atoms with Crippen LogP contribution in [0.3, 0.4) is 0 Å². The Balaban J connectivity index is 2.73. The Hall–Kier alpha value is 1.23. The maximum atomic E-state index is 2.90. The van der Waals surface area contributed by atoms with Crippen molar-refractivity contribution in [2.45, 2.75) is 131 Å². The van der Waals surface area contributed by atoms with Crippen molar-refractivity contribution in [2.24, 2.45) is 0 Å². The van der Waals surface area contributed by atoms with Crippen LogP contribution in [0, 0.1) is 0 Å². The Kier molecular flexibility index (Phi) is 10.2. The average Bonchev–Trinajstić information content (AvgIpc) is 3.22. The van der Waals surface area contributed by atoms with Gasteiger partial charge in [-0.2, -0.15) is 0 Å². The molecule has 0 bridgehead atoms. The van der Waals surface area contributed by atoms with E-state index < -0.39 is 26.5 Å². The van der Waals surface area contributed by atoms with Crippen LogP contribution < -0.4 is 0 Å². The number of unbranched alkanes of at least 4 members (excludes halogenated alkanes) is 3. The van der Waals surface area contributed by atoms with Crippen LogP contribution in [0.15, 0.2) is 17.6 Å². The van der Waals surface area contributed by atoms with E-state index in [1.165, 1.54) is 57.8 Å². The van der Waals surface area contributed by atoms with E-state index in [4.69, 9.17) is 0 Å². The van der Waals surface area contributed by atoms with Crippen LogP contribution in [0.4, 0.5) is 0 Å². The predicted molar refractivity (Wildman–Crippen MR) is 143 cm³/mol. The van der Waals surface area contributed by atoms with Crippen molar-refractivity contribution in [3.63, 3.8) is 0 Å². The van der Waals surface area contributed by atoms with Crippen LogP contribution in [0.1, 0.15) is 106 Å². The molecule has 0 aromatic rings. The topological polar surface area (TPSA) is 0 Å². The first-order valence-electron chi connectivity index (χ1n) is 12.5. The summed E-state index contributed by atoms with van der Waals surface area (Å²) in [5.74, 6) is 0. The van der Waals surface area contributed by atoms with E-state index in [0.717, 1.165) is 11.1 Å². The second kappa shape index (κ2) is 11.2. The molecule has 0 radical (unpaired) electrons. The molecule has 1 aliphatic carbocycles. The molecule has 2 aliphatic rings. The molecule has 1 fully saturated rings. The monoisotopic (exact) mass is 622 g/mol. The fourth-order valence-corrected chi connectivity index (χ4v) is 51.9. The Morgan fingerprint density at radius 2 is 1.21 bits per heavy atom. The van der Waals surface area contributed by atoms with Gasteiger partial charge in [0.1, 0.15) is 0 Å². The fraction of sp³-hybridized carbons (Fsp3) is 0.840. The summed E-state index contributed by atoms with van der Waals surface area (Å²) >= 11 is 0.494. The molecule has 0 aromatic heterocycles. The molecule has 3 heteroatoms. The van der Waals surface area contributed by atoms with Crippen LogP contribution >= 0.6 is 22.6 Å². The predicted octanol–water partition coefficient (Wildman–Crippen LogP) is 9.91. The minimum atomic E-state index is -2.40. The van der Waals surface area contributed by atoms with E-state index in [0.29, 0.717) is 0 Å². The van der Waals surface area contributed by atoms with Crippen LogP contribution in [0.5, 0.6) is 0 Å². The van der Waals surface area contributed by atoms with Crippen molar-refractivity contribution in [1.82, 2.24) is 0 Å². The van der Waals surface area contributed by atoms with Crippen LogP contribution in [0.2, 0.25) is 24.4 Å². The number of hydrogen-bond acceptors (Lipinski definition) is 0. The zero-order valence-corrected chi connectivity index (χ0v) is 26.0. The number of rotatable bonds is 12. The molecule has 1 aliphatic heterocycles. The zero-order chi connectivity index (χ0) is 20.9. The summed E-state index contributed by atoms with van der Waals surface area (Å²) in [6.45, 7) is 17.8. The number of halogens is 1. The third kappa shape index (κ3) is 4.54. The van der Waals surface area contributed by atoms with Gasteiger partial charge in [-0.1, -0.05) is 0 Å². The first kappa shape index (κ1) is 25.5. The summed E-state index contributed by atoms with van der Waals surface area (Å²) in [6, 6.07) is 0. The number of allylic oxidation sites excluding steroid dienone is 2. The van der Waals surface area contributed by atoms with Crippen molar-refractivity contribution >= 4 is 49.0 Å². The van der Waals surface area contributed by atoms with Gasteiger partial charge in [-0.05, 0) is 0 Å². The van der Waals surface area contributed by atoms with E-state index in [-0.39, 0.29) is 0 Å². The van der Waals surface area contributed by atoms with E-state index in [9.17, 15) is 0 Å². The minimum absolute atomic E-state index is 0.876. The first-order chi connectivity index (χ1) is 13.3. The quantitative estimate of drug-likeness (QED) is 0.150. The summed E-state index contributed by atoms with van der Waals surface area (Å²) in [7, 11) is -1.56. The molecule has 0 nitrogen and oxygen atoms in total. The van der Waals surface area contributed by atoms with Crippen molar-refractivity contribution in [2.75, 3.05) is 0 Å². The van der Waals surface area contributed by atoms with Crippen molar-refractivity contribution in [3.8, 4) is 0 Å². The Labute approximate surface area is 195 Å². The molecule has 0 atom stereocenters. The molecular weight excluding hydrogens is 574 g/mol. The number of fused-ring (bicyclic) bond motifs is 1. The molecule has 1 heterocycles. The van der Waals surface area contributed by atoms with Gasteiger partial charge in [0.2, 0.25) is 0 Å². The third-order valence-electron chi connectivity index (χ3n) is 7.94. The van der Waals surface area contributed by atoms with Gasteiger partial charge in [0, 0.05) is 0 Å². The second-order valence-electron chi connectivity index (χ2n) is 10.3. The van der Waals surface area contributed by atoms with Crippen LogP contribution in [0.25, 0.3) is 0 Å². The van der Waals surface area contributed by atoms with Gasteiger partial charge in [0.05, 0.1) is 0 Å². The molecule has 0 N–H and O–H groups in total. The summed E-state index contributed by atoms with van der Waals surface area (Å²) in [6.07, 6.45) is 13.0. The summed E-state index contributed by atoms with van der Waals surface area (Å²) in [4.78, 5) is 0. The fourth-order valence-electron chi connectivity index (χ4n) is 6.68. The average molecular weight is 621 g/mol. The standard InChI is InChI=1S/C13H20ISi.3C4H9.Sn/c1-9(2)15(10(3)4)8-11-6-5-7-12(11)13(15)14;3*1-3-4-2;/h9-10H,5-7H2,1-4H3;3*1,3-4H2,2H3;. The SMILES string of the molecule is CCC[CH2][Sn]([CH2]CCC)([CH2]CCC)[C]1=C2CCCC2=C(I)[Si]1(C(C)C)C(C)C. The Morgan fingerprint density at radius 1 is 0.786 bits per heavy atom. The van der Waals surface area contributed by atoms with Crippen molar-refractivity contribution in [1.29, 1.82) is 0 Å². The third-order valence-corrected chi connectivity index (χ3v) is 39.3. The molecule has 0 spiro atoms. The Bertz CT molecular complexity index is 558. The van der Waals surface area contributed by atoms with Gasteiger partial charge in [-0.25, -0.2) is 0 Å².